The van der Waals surface area contributed by atoms with E-state index < -0.39 is 11.5 Å². The van der Waals surface area contributed by atoms with Gasteiger partial charge in [0.05, 0.1) is 12.5 Å². The van der Waals surface area contributed by atoms with Crippen LogP contribution in [0, 0.1) is 5.92 Å². The molecule has 6 nitrogen and oxygen atoms in total. The van der Waals surface area contributed by atoms with Crippen molar-refractivity contribution in [3.8, 4) is 5.75 Å². The van der Waals surface area contributed by atoms with E-state index in [0.717, 1.165) is 29.7 Å². The van der Waals surface area contributed by atoms with Gasteiger partial charge in [0.1, 0.15) is 17.0 Å². The van der Waals surface area contributed by atoms with E-state index >= 15 is 0 Å². The number of ether oxygens (including phenoxy) is 3. The van der Waals surface area contributed by atoms with Crippen molar-refractivity contribution in [3.63, 3.8) is 0 Å². The molecule has 0 aliphatic carbocycles. The molecule has 7 heteroatoms. The molecule has 1 amide bonds. The van der Waals surface area contributed by atoms with Crippen LogP contribution in [-0.2, 0) is 20.7 Å². The van der Waals surface area contributed by atoms with Gasteiger partial charge < -0.3 is 19.1 Å². The number of carbonyl (C=O) groups is 2. The van der Waals surface area contributed by atoms with E-state index in [9.17, 15) is 9.59 Å². The van der Waals surface area contributed by atoms with E-state index in [-0.39, 0.29) is 23.6 Å². The van der Waals surface area contributed by atoms with Crippen molar-refractivity contribution < 1.29 is 23.8 Å². The van der Waals surface area contributed by atoms with Crippen LogP contribution in [0.25, 0.3) is 0 Å². The SMILES string of the molecule is CCOC(=O)[C@@H](c1cc2c(cc1Cl)CCC(C)(C)O2)C1CCN(C(=O)OC(C)(C)C)CC1. The molecule has 0 radical (unpaired) electrons. The van der Waals surface area contributed by atoms with E-state index in [1.165, 1.54) is 0 Å². The Labute approximate surface area is 196 Å². The zero-order valence-electron chi connectivity index (χ0n) is 20.1. The summed E-state index contributed by atoms with van der Waals surface area (Å²) in [6, 6.07) is 3.86. The Balaban J connectivity index is 1.83. The molecule has 0 saturated carbocycles. The van der Waals surface area contributed by atoms with Gasteiger partial charge in [-0.3, -0.25) is 4.79 Å². The number of piperidine rings is 1. The van der Waals surface area contributed by atoms with E-state index in [4.69, 9.17) is 25.8 Å². The van der Waals surface area contributed by atoms with Crippen molar-refractivity contribution in [2.75, 3.05) is 19.7 Å². The molecule has 2 aliphatic rings. The molecule has 1 aromatic rings. The third-order valence-corrected chi connectivity index (χ3v) is 6.43. The second-order valence-electron chi connectivity index (χ2n) is 10.4. The van der Waals surface area contributed by atoms with E-state index in [2.05, 4.69) is 13.8 Å². The van der Waals surface area contributed by atoms with Crippen LogP contribution in [0.1, 0.15) is 77.8 Å². The summed E-state index contributed by atoms with van der Waals surface area (Å²) in [6.07, 6.45) is 2.83. The number of hydrogen-bond acceptors (Lipinski definition) is 5. The number of halogens is 1. The predicted molar refractivity (Wildman–Crippen MR) is 124 cm³/mol. The van der Waals surface area contributed by atoms with Crippen molar-refractivity contribution in [1.29, 1.82) is 0 Å². The maximum atomic E-state index is 13.1. The first-order valence-corrected chi connectivity index (χ1v) is 11.9. The molecule has 1 fully saturated rings. The summed E-state index contributed by atoms with van der Waals surface area (Å²) in [5, 5.41) is 0.569. The quantitative estimate of drug-likeness (QED) is 0.530. The highest BCUT2D eigenvalue weighted by Gasteiger charge is 2.38. The lowest BCUT2D eigenvalue weighted by Gasteiger charge is -2.37. The fourth-order valence-electron chi connectivity index (χ4n) is 4.47. The van der Waals surface area contributed by atoms with Gasteiger partial charge in [-0.15, -0.1) is 0 Å². The Morgan fingerprint density at radius 1 is 1.25 bits per heavy atom. The molecule has 1 aromatic carbocycles. The number of rotatable bonds is 4. The maximum absolute atomic E-state index is 13.1. The summed E-state index contributed by atoms with van der Waals surface area (Å²) in [5.74, 6) is 0.0309. The number of likely N-dealkylation sites (tertiary alicyclic amines) is 1. The van der Waals surface area contributed by atoms with Crippen LogP contribution < -0.4 is 4.74 Å². The highest BCUT2D eigenvalue weighted by atomic mass is 35.5. The molecule has 2 heterocycles. The number of hydrogen-bond donors (Lipinski definition) is 0. The third-order valence-electron chi connectivity index (χ3n) is 6.10. The van der Waals surface area contributed by atoms with Gasteiger partial charge in [-0.05, 0) is 96.4 Å². The summed E-state index contributed by atoms with van der Waals surface area (Å²) in [5.41, 5.74) is 1.03. The van der Waals surface area contributed by atoms with Gasteiger partial charge in [0.15, 0.2) is 0 Å². The topological polar surface area (TPSA) is 65.1 Å². The average molecular weight is 466 g/mol. The summed E-state index contributed by atoms with van der Waals surface area (Å²) in [6.45, 7) is 12.9. The standard InChI is InChI=1S/C25H36ClNO5/c1-7-30-22(28)21(16-9-12-27(13-10-16)23(29)32-24(2,3)4)18-15-20-17(14-19(18)26)8-11-25(5,6)31-20/h14-16,21H,7-13H2,1-6H3/t21-/m1/s1. The molecule has 0 unspecified atom stereocenters. The van der Waals surface area contributed by atoms with Gasteiger partial charge in [-0.1, -0.05) is 11.6 Å². The van der Waals surface area contributed by atoms with Crippen LogP contribution in [0.3, 0.4) is 0 Å². The number of fused-ring (bicyclic) bond motifs is 1. The number of amides is 1. The summed E-state index contributed by atoms with van der Waals surface area (Å²) < 4.78 is 17.2. The van der Waals surface area contributed by atoms with Gasteiger partial charge in [0.25, 0.3) is 0 Å². The number of carbonyl (C=O) groups excluding carboxylic acids is 2. The second-order valence-corrected chi connectivity index (χ2v) is 10.8. The highest BCUT2D eigenvalue weighted by Crippen LogP contribution is 2.43. The minimum Gasteiger partial charge on any atom is -0.488 e. The zero-order chi connectivity index (χ0) is 23.7. The van der Waals surface area contributed by atoms with Gasteiger partial charge in [-0.25, -0.2) is 4.79 Å². The lowest BCUT2D eigenvalue weighted by molar-refractivity contribution is -0.146. The van der Waals surface area contributed by atoms with E-state index in [0.29, 0.717) is 37.6 Å². The molecule has 0 aromatic heterocycles. The summed E-state index contributed by atoms with van der Waals surface area (Å²) >= 11 is 6.69. The fraction of sp³-hybridized carbons (Fsp3) is 0.680. The number of esters is 1. The van der Waals surface area contributed by atoms with Crippen molar-refractivity contribution in [1.82, 2.24) is 4.90 Å². The molecule has 0 spiro atoms. The third kappa shape index (κ3) is 5.89. The summed E-state index contributed by atoms with van der Waals surface area (Å²) in [7, 11) is 0. The number of nitrogens with zero attached hydrogens (tertiary/aromatic N) is 1. The molecule has 178 valence electrons. The monoisotopic (exact) mass is 465 g/mol. The minimum absolute atomic E-state index is 0.0138. The summed E-state index contributed by atoms with van der Waals surface area (Å²) in [4.78, 5) is 27.2. The molecular weight excluding hydrogens is 430 g/mol. The Morgan fingerprint density at radius 3 is 2.50 bits per heavy atom. The largest absolute Gasteiger partial charge is 0.488 e. The number of benzene rings is 1. The molecule has 32 heavy (non-hydrogen) atoms. The fourth-order valence-corrected chi connectivity index (χ4v) is 4.77. The van der Waals surface area contributed by atoms with Crippen LogP contribution in [0.5, 0.6) is 5.75 Å². The van der Waals surface area contributed by atoms with Crippen molar-refractivity contribution >= 4 is 23.7 Å². The first-order chi connectivity index (χ1) is 14.9. The normalized spacial score (nSPS) is 19.5. The zero-order valence-corrected chi connectivity index (χ0v) is 20.9. The smallest absolute Gasteiger partial charge is 0.410 e. The van der Waals surface area contributed by atoms with E-state index in [1.807, 2.05) is 32.9 Å². The van der Waals surface area contributed by atoms with Crippen LogP contribution in [0.2, 0.25) is 5.02 Å². The molecule has 0 N–H and O–H groups in total. The average Bonchev–Trinajstić information content (AvgIpc) is 2.68. The predicted octanol–water partition coefficient (Wildman–Crippen LogP) is 5.74. The van der Waals surface area contributed by atoms with Crippen LogP contribution in [-0.4, -0.2) is 47.9 Å². The lowest BCUT2D eigenvalue weighted by Crippen LogP contribution is -2.43. The first kappa shape index (κ1) is 24.7. The van der Waals surface area contributed by atoms with Crippen LogP contribution in [0.15, 0.2) is 12.1 Å². The Bertz CT molecular complexity index is 853. The number of aryl methyl sites for hydroxylation is 1. The lowest BCUT2D eigenvalue weighted by atomic mass is 9.79. The van der Waals surface area contributed by atoms with Gasteiger partial charge in [0.2, 0.25) is 0 Å². The second kappa shape index (κ2) is 9.50. The molecule has 0 bridgehead atoms. The molecule has 1 saturated heterocycles. The molecule has 2 aliphatic heterocycles. The van der Waals surface area contributed by atoms with Crippen molar-refractivity contribution in [3.05, 3.63) is 28.3 Å². The highest BCUT2D eigenvalue weighted by molar-refractivity contribution is 6.31. The Morgan fingerprint density at radius 2 is 1.91 bits per heavy atom. The van der Waals surface area contributed by atoms with Crippen LogP contribution >= 0.6 is 11.6 Å². The van der Waals surface area contributed by atoms with Gasteiger partial charge >= 0.3 is 12.1 Å². The molecular formula is C25H36ClNO5. The van der Waals surface area contributed by atoms with Gasteiger partial charge in [0, 0.05) is 18.1 Å². The van der Waals surface area contributed by atoms with Gasteiger partial charge in [-0.2, -0.15) is 0 Å². The first-order valence-electron chi connectivity index (χ1n) is 11.6. The Hall–Kier alpha value is -1.95. The molecule has 3 rings (SSSR count). The maximum Gasteiger partial charge on any atom is 0.410 e. The van der Waals surface area contributed by atoms with Crippen molar-refractivity contribution in [2.24, 2.45) is 5.92 Å². The van der Waals surface area contributed by atoms with Crippen molar-refractivity contribution in [2.45, 2.75) is 84.3 Å². The molecule has 1 atom stereocenters. The minimum atomic E-state index is -0.536. The van der Waals surface area contributed by atoms with Crippen LogP contribution in [0.4, 0.5) is 4.79 Å². The Kier molecular flexibility index (Phi) is 7.33. The van der Waals surface area contributed by atoms with E-state index in [1.54, 1.807) is 11.8 Å².